The van der Waals surface area contributed by atoms with Gasteiger partial charge in [-0.1, -0.05) is 0 Å². The number of hydrogen-bond acceptors (Lipinski definition) is 6. The van der Waals surface area contributed by atoms with Gasteiger partial charge in [-0.05, 0) is 79.7 Å². The molecule has 30 heavy (non-hydrogen) atoms. The van der Waals surface area contributed by atoms with E-state index in [2.05, 4.69) is 65.2 Å². The van der Waals surface area contributed by atoms with E-state index in [0.717, 1.165) is 0 Å². The van der Waals surface area contributed by atoms with Gasteiger partial charge in [-0.15, -0.1) is 0 Å². The molecule has 0 spiro atoms. The Labute approximate surface area is 183 Å². The van der Waals surface area contributed by atoms with E-state index >= 15 is 0 Å². The fraction of sp³-hybridized carbons (Fsp3) is 0.750. The topological polar surface area (TPSA) is 65.4 Å². The Morgan fingerprint density at radius 1 is 0.600 bits per heavy atom. The van der Waals surface area contributed by atoms with Crippen molar-refractivity contribution in [2.24, 2.45) is 0 Å². The average molecular weight is 425 g/mol. The number of ether oxygens (including phenoxy) is 2. The van der Waals surface area contributed by atoms with Crippen molar-refractivity contribution < 1.29 is 19.7 Å². The predicted molar refractivity (Wildman–Crippen MR) is 123 cm³/mol. The van der Waals surface area contributed by atoms with E-state index in [-0.39, 0.29) is 13.2 Å². The van der Waals surface area contributed by atoms with Gasteiger partial charge in [0, 0.05) is 37.3 Å². The van der Waals surface area contributed by atoms with E-state index < -0.39 is 12.2 Å². The molecule has 0 aromatic heterocycles. The van der Waals surface area contributed by atoms with Gasteiger partial charge in [-0.25, -0.2) is 0 Å². The van der Waals surface area contributed by atoms with Crippen molar-refractivity contribution in [2.45, 2.75) is 91.8 Å². The number of benzene rings is 1. The lowest BCUT2D eigenvalue weighted by molar-refractivity contribution is 0.0436. The molecule has 0 radical (unpaired) electrons. The maximum Gasteiger partial charge on any atom is 0.119 e. The average Bonchev–Trinajstić information content (AvgIpc) is 2.66. The van der Waals surface area contributed by atoms with Crippen LogP contribution in [0.3, 0.4) is 0 Å². The molecule has 0 unspecified atom stereocenters. The van der Waals surface area contributed by atoms with E-state index in [1.54, 1.807) is 0 Å². The largest absolute Gasteiger partial charge is 0.491 e. The van der Waals surface area contributed by atoms with Crippen LogP contribution in [0.5, 0.6) is 11.5 Å². The number of hydrogen-bond donors (Lipinski definition) is 2. The molecule has 0 fully saturated rings. The first-order valence-corrected chi connectivity index (χ1v) is 11.2. The van der Waals surface area contributed by atoms with Crippen LogP contribution < -0.4 is 9.47 Å². The second-order valence-electron chi connectivity index (χ2n) is 9.17. The standard InChI is InChI=1S/C24H44N2O4/c1-17(2)25(18(3)4)13-21(27)15-29-23-9-11-24(12-10-23)30-16-22(28)14-26(19(5)6)20(7)8/h9-12,17-22,27-28H,13-16H2,1-8H3/t21-,22-/m1/s1. The Kier molecular flexibility index (Phi) is 11.7. The summed E-state index contributed by atoms with van der Waals surface area (Å²) in [7, 11) is 0. The van der Waals surface area contributed by atoms with Crippen molar-refractivity contribution in [1.82, 2.24) is 9.80 Å². The van der Waals surface area contributed by atoms with Gasteiger partial charge in [0.2, 0.25) is 0 Å². The zero-order valence-electron chi connectivity index (χ0n) is 20.2. The zero-order chi connectivity index (χ0) is 22.8. The summed E-state index contributed by atoms with van der Waals surface area (Å²) in [6.07, 6.45) is -1.10. The van der Waals surface area contributed by atoms with Crippen molar-refractivity contribution in [2.75, 3.05) is 26.3 Å². The minimum Gasteiger partial charge on any atom is -0.491 e. The first kappa shape index (κ1) is 26.7. The van der Waals surface area contributed by atoms with E-state index in [1.807, 2.05) is 24.3 Å². The molecular formula is C24H44N2O4. The van der Waals surface area contributed by atoms with Crippen LogP contribution >= 0.6 is 0 Å². The smallest absolute Gasteiger partial charge is 0.119 e. The van der Waals surface area contributed by atoms with Crippen molar-refractivity contribution >= 4 is 0 Å². The summed E-state index contributed by atoms with van der Waals surface area (Å²) in [5.74, 6) is 1.38. The van der Waals surface area contributed by atoms with Gasteiger partial charge in [-0.3, -0.25) is 9.80 Å². The highest BCUT2D eigenvalue weighted by atomic mass is 16.5. The second-order valence-corrected chi connectivity index (χ2v) is 9.17. The monoisotopic (exact) mass is 424 g/mol. The van der Waals surface area contributed by atoms with Gasteiger partial charge in [-0.2, -0.15) is 0 Å². The first-order valence-electron chi connectivity index (χ1n) is 11.2. The third-order valence-corrected chi connectivity index (χ3v) is 5.20. The molecule has 0 aliphatic heterocycles. The van der Waals surface area contributed by atoms with Crippen LogP contribution in [0.15, 0.2) is 24.3 Å². The van der Waals surface area contributed by atoms with Crippen LogP contribution in [0, 0.1) is 0 Å². The molecule has 0 amide bonds. The normalized spacial score (nSPS) is 14.4. The Hall–Kier alpha value is -1.34. The van der Waals surface area contributed by atoms with Crippen LogP contribution in [0.4, 0.5) is 0 Å². The van der Waals surface area contributed by atoms with Crippen molar-refractivity contribution in [3.63, 3.8) is 0 Å². The Bertz CT molecular complexity index is 508. The molecule has 0 aliphatic carbocycles. The van der Waals surface area contributed by atoms with Gasteiger partial charge in [0.05, 0.1) is 0 Å². The van der Waals surface area contributed by atoms with Crippen molar-refractivity contribution in [1.29, 1.82) is 0 Å². The van der Waals surface area contributed by atoms with E-state index in [4.69, 9.17) is 9.47 Å². The maximum atomic E-state index is 10.3. The fourth-order valence-electron chi connectivity index (χ4n) is 3.64. The molecule has 0 saturated heterocycles. The minimum atomic E-state index is -0.550. The Morgan fingerprint density at radius 2 is 0.867 bits per heavy atom. The Balaban J connectivity index is 2.44. The molecule has 0 saturated carbocycles. The van der Waals surface area contributed by atoms with Crippen molar-refractivity contribution in [3.8, 4) is 11.5 Å². The highest BCUT2D eigenvalue weighted by Gasteiger charge is 2.19. The van der Waals surface area contributed by atoms with Gasteiger partial charge >= 0.3 is 0 Å². The van der Waals surface area contributed by atoms with Gasteiger partial charge in [0.25, 0.3) is 0 Å². The van der Waals surface area contributed by atoms with Crippen LogP contribution in [0.1, 0.15) is 55.4 Å². The third-order valence-electron chi connectivity index (χ3n) is 5.20. The summed E-state index contributed by atoms with van der Waals surface area (Å²) in [5.41, 5.74) is 0. The molecule has 2 N–H and O–H groups in total. The molecule has 174 valence electrons. The van der Waals surface area contributed by atoms with Crippen LogP contribution in [0.25, 0.3) is 0 Å². The number of aliphatic hydroxyl groups excluding tert-OH is 2. The highest BCUT2D eigenvalue weighted by Crippen LogP contribution is 2.18. The van der Waals surface area contributed by atoms with Gasteiger partial charge in [0.1, 0.15) is 36.9 Å². The van der Waals surface area contributed by atoms with Crippen molar-refractivity contribution in [3.05, 3.63) is 24.3 Å². The summed E-state index contributed by atoms with van der Waals surface area (Å²) >= 11 is 0. The van der Waals surface area contributed by atoms with Gasteiger partial charge < -0.3 is 19.7 Å². The number of nitrogens with zero attached hydrogens (tertiary/aromatic N) is 2. The lowest BCUT2D eigenvalue weighted by Crippen LogP contribution is -2.43. The molecular weight excluding hydrogens is 380 g/mol. The summed E-state index contributed by atoms with van der Waals surface area (Å²) in [6, 6.07) is 8.80. The molecule has 2 atom stereocenters. The number of rotatable bonds is 14. The summed E-state index contributed by atoms with van der Waals surface area (Å²) in [5, 5.41) is 20.6. The lowest BCUT2D eigenvalue weighted by atomic mass is 10.2. The summed E-state index contributed by atoms with van der Waals surface area (Å²) < 4.78 is 11.5. The van der Waals surface area contributed by atoms with E-state index in [0.29, 0.717) is 48.8 Å². The molecule has 0 aliphatic rings. The zero-order valence-corrected chi connectivity index (χ0v) is 20.2. The lowest BCUT2D eigenvalue weighted by Gasteiger charge is -2.32. The van der Waals surface area contributed by atoms with Crippen LogP contribution in [0.2, 0.25) is 0 Å². The molecule has 1 aromatic carbocycles. The second kappa shape index (κ2) is 13.2. The first-order chi connectivity index (χ1) is 14.0. The molecule has 1 rings (SSSR count). The molecule has 0 bridgehead atoms. The van der Waals surface area contributed by atoms with Crippen LogP contribution in [-0.2, 0) is 0 Å². The molecule has 0 heterocycles. The van der Waals surface area contributed by atoms with Crippen LogP contribution in [-0.4, -0.2) is 82.7 Å². The summed E-state index contributed by atoms with van der Waals surface area (Å²) in [4.78, 5) is 4.49. The highest BCUT2D eigenvalue weighted by molar-refractivity contribution is 5.31. The van der Waals surface area contributed by atoms with Gasteiger partial charge in [0.15, 0.2) is 0 Å². The predicted octanol–water partition coefficient (Wildman–Crippen LogP) is 3.40. The SMILES string of the molecule is CC(C)N(C[C@@H](O)COc1ccc(OC[C@H](O)CN(C(C)C)C(C)C)cc1)C(C)C. The van der Waals surface area contributed by atoms with E-state index in [9.17, 15) is 10.2 Å². The molecule has 1 aromatic rings. The Morgan fingerprint density at radius 3 is 1.10 bits per heavy atom. The summed E-state index contributed by atoms with van der Waals surface area (Å²) in [6.45, 7) is 18.7. The minimum absolute atomic E-state index is 0.245. The fourth-order valence-corrected chi connectivity index (χ4v) is 3.64. The number of aliphatic hydroxyl groups is 2. The maximum absolute atomic E-state index is 10.3. The molecule has 6 nitrogen and oxygen atoms in total. The van der Waals surface area contributed by atoms with E-state index in [1.165, 1.54) is 0 Å². The molecule has 6 heteroatoms. The quantitative estimate of drug-likeness (QED) is 0.477. The third kappa shape index (κ3) is 9.65.